The third-order valence-electron chi connectivity index (χ3n) is 5.12. The molecular formula is C25H21NO4S2. The Balaban J connectivity index is 1.51. The van der Waals surface area contributed by atoms with E-state index in [1.54, 1.807) is 18.2 Å². The number of unbranched alkanes of at least 4 members (excludes halogenated alkanes) is 1. The highest BCUT2D eigenvalue weighted by atomic mass is 32.2. The molecule has 1 aliphatic rings. The zero-order valence-corrected chi connectivity index (χ0v) is 19.0. The number of nitrogens with zero attached hydrogens (tertiary/aromatic N) is 1. The normalized spacial score (nSPS) is 15.0. The topological polar surface area (TPSA) is 70.8 Å². The Morgan fingerprint density at radius 2 is 1.81 bits per heavy atom. The molecule has 1 N–H and O–H groups in total. The van der Waals surface area contributed by atoms with Crippen molar-refractivity contribution in [2.75, 3.05) is 4.90 Å². The van der Waals surface area contributed by atoms with E-state index in [4.69, 9.17) is 21.7 Å². The quantitative estimate of drug-likeness (QED) is 0.323. The molecule has 2 heterocycles. The predicted molar refractivity (Wildman–Crippen MR) is 132 cm³/mol. The van der Waals surface area contributed by atoms with Crippen molar-refractivity contribution in [2.24, 2.45) is 0 Å². The van der Waals surface area contributed by atoms with Crippen LogP contribution in [-0.2, 0) is 11.2 Å². The number of thioether (sulfide) groups is 1. The van der Waals surface area contributed by atoms with Gasteiger partial charge in [-0.05, 0) is 54.8 Å². The molecule has 0 bridgehead atoms. The van der Waals surface area contributed by atoms with Crippen LogP contribution in [0.25, 0.3) is 17.4 Å². The minimum absolute atomic E-state index is 0.149. The fraction of sp³-hybridized carbons (Fsp3) is 0.160. The summed E-state index contributed by atoms with van der Waals surface area (Å²) >= 11 is 6.57. The van der Waals surface area contributed by atoms with Gasteiger partial charge in [0.05, 0.1) is 16.2 Å². The van der Waals surface area contributed by atoms with Gasteiger partial charge in [-0.1, -0.05) is 61.6 Å². The van der Waals surface area contributed by atoms with E-state index in [2.05, 4.69) is 19.1 Å². The molecule has 0 atom stereocenters. The summed E-state index contributed by atoms with van der Waals surface area (Å²) in [5, 5.41) is 9.05. The highest BCUT2D eigenvalue weighted by Gasteiger charge is 2.33. The third kappa shape index (κ3) is 4.69. The lowest BCUT2D eigenvalue weighted by Crippen LogP contribution is -2.27. The van der Waals surface area contributed by atoms with E-state index >= 15 is 0 Å². The molecule has 0 unspecified atom stereocenters. The van der Waals surface area contributed by atoms with Gasteiger partial charge >= 0.3 is 5.97 Å². The Morgan fingerprint density at radius 1 is 1.09 bits per heavy atom. The van der Waals surface area contributed by atoms with Crippen molar-refractivity contribution in [3.05, 3.63) is 82.5 Å². The Labute approximate surface area is 195 Å². The number of aromatic carboxylic acids is 1. The number of amides is 1. The number of hydrogen-bond donors (Lipinski definition) is 1. The van der Waals surface area contributed by atoms with Crippen molar-refractivity contribution in [3.8, 4) is 11.3 Å². The number of furan rings is 1. The SMILES string of the molecule is CCCCc1ccc(-c2ccc(C=C3SC(=S)N(c4ccc(C(=O)O)cc4)C3=O)o2)cc1. The number of carbonyl (C=O) groups excluding carboxylic acids is 1. The van der Waals surface area contributed by atoms with Gasteiger partial charge in [0.25, 0.3) is 5.91 Å². The molecule has 0 aliphatic carbocycles. The summed E-state index contributed by atoms with van der Waals surface area (Å²) in [6.07, 6.45) is 5.10. The monoisotopic (exact) mass is 463 g/mol. The minimum atomic E-state index is -1.02. The summed E-state index contributed by atoms with van der Waals surface area (Å²) in [4.78, 5) is 25.8. The van der Waals surface area contributed by atoms with Gasteiger partial charge < -0.3 is 9.52 Å². The highest BCUT2D eigenvalue weighted by molar-refractivity contribution is 8.27. The lowest BCUT2D eigenvalue weighted by atomic mass is 10.1. The second kappa shape index (κ2) is 9.54. The first-order valence-corrected chi connectivity index (χ1v) is 11.5. The molecule has 1 amide bonds. The fourth-order valence-electron chi connectivity index (χ4n) is 3.37. The third-order valence-corrected chi connectivity index (χ3v) is 6.43. The second-order valence-electron chi connectivity index (χ2n) is 7.37. The van der Waals surface area contributed by atoms with Gasteiger partial charge in [0, 0.05) is 11.6 Å². The zero-order valence-electron chi connectivity index (χ0n) is 17.4. The molecule has 162 valence electrons. The summed E-state index contributed by atoms with van der Waals surface area (Å²) in [7, 11) is 0. The average molecular weight is 464 g/mol. The molecule has 0 saturated carbocycles. The number of hydrogen-bond acceptors (Lipinski definition) is 5. The van der Waals surface area contributed by atoms with Gasteiger partial charge in [-0.25, -0.2) is 4.79 Å². The van der Waals surface area contributed by atoms with Crippen molar-refractivity contribution >= 4 is 51.9 Å². The summed E-state index contributed by atoms with van der Waals surface area (Å²) < 4.78 is 6.34. The van der Waals surface area contributed by atoms with Crippen LogP contribution < -0.4 is 4.90 Å². The van der Waals surface area contributed by atoms with Crippen LogP contribution in [-0.4, -0.2) is 21.3 Å². The molecule has 5 nitrogen and oxygen atoms in total. The second-order valence-corrected chi connectivity index (χ2v) is 9.05. The van der Waals surface area contributed by atoms with E-state index in [1.165, 1.54) is 47.2 Å². The van der Waals surface area contributed by atoms with Gasteiger partial charge in [0.2, 0.25) is 0 Å². The van der Waals surface area contributed by atoms with E-state index in [-0.39, 0.29) is 11.5 Å². The standard InChI is InChI=1S/C25H21NO4S2/c1-2-3-4-16-5-7-17(8-6-16)21-14-13-20(30-21)15-22-23(27)26(25(31)32-22)19-11-9-18(10-12-19)24(28)29/h5-15H,2-4H2,1H3,(H,28,29). The van der Waals surface area contributed by atoms with E-state index in [0.717, 1.165) is 17.7 Å². The first-order valence-electron chi connectivity index (χ1n) is 10.3. The molecule has 7 heteroatoms. The van der Waals surface area contributed by atoms with Crippen molar-refractivity contribution in [1.82, 2.24) is 0 Å². The summed E-state index contributed by atoms with van der Waals surface area (Å²) in [5.41, 5.74) is 2.97. The number of rotatable bonds is 7. The summed E-state index contributed by atoms with van der Waals surface area (Å²) in [6.45, 7) is 2.18. The molecule has 1 fully saturated rings. The summed E-state index contributed by atoms with van der Waals surface area (Å²) in [5.74, 6) is 0.0159. The summed E-state index contributed by atoms with van der Waals surface area (Å²) in [6, 6.07) is 18.1. The van der Waals surface area contributed by atoms with Crippen LogP contribution in [0.4, 0.5) is 5.69 Å². The number of carboxylic acids is 1. The van der Waals surface area contributed by atoms with Crippen LogP contribution in [0.3, 0.4) is 0 Å². The smallest absolute Gasteiger partial charge is 0.335 e. The largest absolute Gasteiger partial charge is 0.478 e. The Bertz CT molecular complexity index is 1190. The number of thiocarbonyl (C=S) groups is 1. The predicted octanol–water partition coefficient (Wildman–Crippen LogP) is 6.39. The van der Waals surface area contributed by atoms with Gasteiger partial charge in [-0.2, -0.15) is 0 Å². The lowest BCUT2D eigenvalue weighted by molar-refractivity contribution is -0.113. The van der Waals surface area contributed by atoms with Crippen LogP contribution in [0.1, 0.15) is 41.4 Å². The highest BCUT2D eigenvalue weighted by Crippen LogP contribution is 2.36. The Hall–Kier alpha value is -3.16. The molecule has 0 radical (unpaired) electrons. The Morgan fingerprint density at radius 3 is 2.47 bits per heavy atom. The Kier molecular flexibility index (Phi) is 6.58. The van der Waals surface area contributed by atoms with Crippen molar-refractivity contribution in [2.45, 2.75) is 26.2 Å². The van der Waals surface area contributed by atoms with Crippen molar-refractivity contribution in [3.63, 3.8) is 0 Å². The zero-order chi connectivity index (χ0) is 22.7. The molecule has 1 aromatic heterocycles. The van der Waals surface area contributed by atoms with E-state index in [1.807, 2.05) is 24.3 Å². The van der Waals surface area contributed by atoms with Crippen molar-refractivity contribution in [1.29, 1.82) is 0 Å². The molecule has 4 rings (SSSR count). The minimum Gasteiger partial charge on any atom is -0.478 e. The first-order chi connectivity index (χ1) is 15.5. The molecule has 0 spiro atoms. The molecule has 1 saturated heterocycles. The molecule has 1 aliphatic heterocycles. The first kappa shape index (κ1) is 22.0. The molecule has 3 aromatic rings. The van der Waals surface area contributed by atoms with Crippen LogP contribution in [0.5, 0.6) is 0 Å². The maximum absolute atomic E-state index is 12.9. The maximum Gasteiger partial charge on any atom is 0.335 e. The van der Waals surface area contributed by atoms with Crippen LogP contribution in [0.2, 0.25) is 0 Å². The number of anilines is 1. The fourth-order valence-corrected chi connectivity index (χ4v) is 4.65. The number of carbonyl (C=O) groups is 2. The number of aryl methyl sites for hydroxylation is 1. The average Bonchev–Trinajstić information content (AvgIpc) is 3.37. The maximum atomic E-state index is 12.9. The van der Waals surface area contributed by atoms with Crippen LogP contribution in [0, 0.1) is 0 Å². The molecule has 2 aromatic carbocycles. The van der Waals surface area contributed by atoms with Crippen LogP contribution in [0.15, 0.2) is 70.0 Å². The van der Waals surface area contributed by atoms with Gasteiger partial charge in [-0.15, -0.1) is 0 Å². The molecular weight excluding hydrogens is 442 g/mol. The molecule has 32 heavy (non-hydrogen) atoms. The van der Waals surface area contributed by atoms with Gasteiger partial charge in [0.15, 0.2) is 4.32 Å². The van der Waals surface area contributed by atoms with Gasteiger partial charge in [0.1, 0.15) is 11.5 Å². The number of benzene rings is 2. The van der Waals surface area contributed by atoms with Crippen molar-refractivity contribution < 1.29 is 19.1 Å². The van der Waals surface area contributed by atoms with E-state index < -0.39 is 5.97 Å². The van der Waals surface area contributed by atoms with E-state index in [9.17, 15) is 9.59 Å². The van der Waals surface area contributed by atoms with Gasteiger partial charge in [-0.3, -0.25) is 9.69 Å². The van der Waals surface area contributed by atoms with E-state index in [0.29, 0.717) is 20.7 Å². The van der Waals surface area contributed by atoms with Crippen LogP contribution >= 0.6 is 24.0 Å². The lowest BCUT2D eigenvalue weighted by Gasteiger charge is -2.14. The number of carboxylic acid groups (broad SMARTS) is 1.